The van der Waals surface area contributed by atoms with Crippen molar-refractivity contribution in [2.45, 2.75) is 25.5 Å². The Hall–Kier alpha value is -0.630. The first-order valence-corrected chi connectivity index (χ1v) is 4.77. The van der Waals surface area contributed by atoms with Gasteiger partial charge in [-0.2, -0.15) is 5.26 Å². The van der Waals surface area contributed by atoms with Crippen LogP contribution in [-0.2, 0) is 4.74 Å². The molecule has 1 aliphatic rings. The van der Waals surface area contributed by atoms with Crippen LogP contribution in [0.5, 0.6) is 0 Å². The van der Waals surface area contributed by atoms with E-state index in [1.54, 1.807) is 0 Å². The molecule has 1 saturated heterocycles. The molecule has 0 aromatic carbocycles. The molecule has 13 heavy (non-hydrogen) atoms. The van der Waals surface area contributed by atoms with Crippen LogP contribution < -0.4 is 5.73 Å². The molecule has 2 unspecified atom stereocenters. The SMILES string of the molecule is CCC(C#N)N1CCOC(CN)C1. The summed E-state index contributed by atoms with van der Waals surface area (Å²) in [7, 11) is 0. The topological polar surface area (TPSA) is 62.3 Å². The van der Waals surface area contributed by atoms with E-state index in [9.17, 15) is 0 Å². The van der Waals surface area contributed by atoms with Crippen molar-refractivity contribution in [1.82, 2.24) is 4.90 Å². The number of nitrogens with two attached hydrogens (primary N) is 1. The molecule has 0 aliphatic carbocycles. The maximum Gasteiger partial charge on any atom is 0.0976 e. The van der Waals surface area contributed by atoms with Gasteiger partial charge in [0.2, 0.25) is 0 Å². The van der Waals surface area contributed by atoms with Gasteiger partial charge in [0.1, 0.15) is 0 Å². The molecule has 4 nitrogen and oxygen atoms in total. The zero-order chi connectivity index (χ0) is 9.68. The zero-order valence-corrected chi connectivity index (χ0v) is 8.07. The molecular weight excluding hydrogens is 166 g/mol. The fraction of sp³-hybridized carbons (Fsp3) is 0.889. The summed E-state index contributed by atoms with van der Waals surface area (Å²) in [6.07, 6.45) is 0.976. The average Bonchev–Trinajstić information content (AvgIpc) is 2.20. The summed E-state index contributed by atoms with van der Waals surface area (Å²) in [5.74, 6) is 0. The molecule has 0 aromatic heterocycles. The first-order valence-electron chi connectivity index (χ1n) is 4.77. The number of hydrogen-bond acceptors (Lipinski definition) is 4. The number of ether oxygens (including phenoxy) is 1. The van der Waals surface area contributed by atoms with Gasteiger partial charge in [-0.3, -0.25) is 4.90 Å². The number of nitriles is 1. The first kappa shape index (κ1) is 10.5. The summed E-state index contributed by atoms with van der Waals surface area (Å²) in [6, 6.07) is 2.32. The average molecular weight is 183 g/mol. The van der Waals surface area contributed by atoms with Crippen LogP contribution in [0, 0.1) is 11.3 Å². The second kappa shape index (κ2) is 5.18. The van der Waals surface area contributed by atoms with Crippen LogP contribution in [0.1, 0.15) is 13.3 Å². The van der Waals surface area contributed by atoms with Gasteiger partial charge in [0.15, 0.2) is 0 Å². The standard InChI is InChI=1S/C9H17N3O/c1-2-8(5-10)12-3-4-13-9(6-11)7-12/h8-9H,2-4,6-7,11H2,1H3. The molecule has 74 valence electrons. The summed E-state index contributed by atoms with van der Waals surface area (Å²) < 4.78 is 5.42. The highest BCUT2D eigenvalue weighted by Gasteiger charge is 2.24. The van der Waals surface area contributed by atoms with E-state index < -0.39 is 0 Å². The van der Waals surface area contributed by atoms with Gasteiger partial charge in [0.05, 0.1) is 24.8 Å². The van der Waals surface area contributed by atoms with Crippen LogP contribution in [0.2, 0.25) is 0 Å². The van der Waals surface area contributed by atoms with Gasteiger partial charge in [-0.15, -0.1) is 0 Å². The van der Waals surface area contributed by atoms with E-state index in [-0.39, 0.29) is 12.1 Å². The first-order chi connectivity index (χ1) is 6.31. The Morgan fingerprint density at radius 2 is 2.54 bits per heavy atom. The summed E-state index contributed by atoms with van der Waals surface area (Å²) in [5.41, 5.74) is 5.51. The molecule has 1 fully saturated rings. The van der Waals surface area contributed by atoms with Gasteiger partial charge in [-0.25, -0.2) is 0 Å². The van der Waals surface area contributed by atoms with Gasteiger partial charge in [-0.05, 0) is 6.42 Å². The zero-order valence-electron chi connectivity index (χ0n) is 8.07. The fourth-order valence-corrected chi connectivity index (χ4v) is 1.60. The minimum atomic E-state index is 0.0259. The summed E-state index contributed by atoms with van der Waals surface area (Å²) in [5, 5.41) is 8.87. The number of hydrogen-bond donors (Lipinski definition) is 1. The van der Waals surface area contributed by atoms with Crippen molar-refractivity contribution in [3.05, 3.63) is 0 Å². The lowest BCUT2D eigenvalue weighted by atomic mass is 10.1. The molecule has 0 bridgehead atoms. The fourth-order valence-electron chi connectivity index (χ4n) is 1.60. The van der Waals surface area contributed by atoms with Crippen molar-refractivity contribution in [2.24, 2.45) is 5.73 Å². The summed E-state index contributed by atoms with van der Waals surface area (Å²) in [6.45, 7) is 4.91. The lowest BCUT2D eigenvalue weighted by molar-refractivity contribution is -0.0314. The quantitative estimate of drug-likeness (QED) is 0.666. The van der Waals surface area contributed by atoms with E-state index in [2.05, 4.69) is 11.0 Å². The van der Waals surface area contributed by atoms with Crippen molar-refractivity contribution in [1.29, 1.82) is 5.26 Å². The van der Waals surface area contributed by atoms with E-state index in [0.29, 0.717) is 13.2 Å². The maximum atomic E-state index is 8.87. The maximum absolute atomic E-state index is 8.87. The van der Waals surface area contributed by atoms with Gasteiger partial charge < -0.3 is 10.5 Å². The number of rotatable bonds is 3. The van der Waals surface area contributed by atoms with Crippen LogP contribution in [-0.4, -0.2) is 43.3 Å². The largest absolute Gasteiger partial charge is 0.374 e. The van der Waals surface area contributed by atoms with Crippen LogP contribution in [0.15, 0.2) is 0 Å². The van der Waals surface area contributed by atoms with E-state index in [1.807, 2.05) is 6.92 Å². The monoisotopic (exact) mass is 183 g/mol. The molecule has 1 heterocycles. The predicted molar refractivity (Wildman–Crippen MR) is 50.1 cm³/mol. The van der Waals surface area contributed by atoms with Gasteiger partial charge in [-0.1, -0.05) is 6.92 Å². The van der Waals surface area contributed by atoms with Crippen LogP contribution in [0.4, 0.5) is 0 Å². The Morgan fingerprint density at radius 1 is 1.77 bits per heavy atom. The molecule has 4 heteroatoms. The minimum absolute atomic E-state index is 0.0259. The Bertz CT molecular complexity index is 190. The molecule has 0 amide bonds. The van der Waals surface area contributed by atoms with E-state index in [1.165, 1.54) is 0 Å². The molecule has 0 aromatic rings. The third-order valence-electron chi connectivity index (χ3n) is 2.41. The van der Waals surface area contributed by atoms with Crippen molar-refractivity contribution < 1.29 is 4.74 Å². The molecule has 2 N–H and O–H groups in total. The highest BCUT2D eigenvalue weighted by molar-refractivity contribution is 4.92. The molecule has 1 aliphatic heterocycles. The third kappa shape index (κ3) is 2.66. The molecular formula is C9H17N3O. The van der Waals surface area contributed by atoms with Gasteiger partial charge in [0, 0.05) is 19.6 Å². The normalized spacial score (nSPS) is 26.7. The predicted octanol–water partition coefficient (Wildman–Crippen LogP) is -0.0519. The Labute approximate surface area is 79.3 Å². The third-order valence-corrected chi connectivity index (χ3v) is 2.41. The second-order valence-corrected chi connectivity index (χ2v) is 3.28. The van der Waals surface area contributed by atoms with Crippen LogP contribution >= 0.6 is 0 Å². The van der Waals surface area contributed by atoms with Crippen molar-refractivity contribution >= 4 is 0 Å². The highest BCUT2D eigenvalue weighted by atomic mass is 16.5. The van der Waals surface area contributed by atoms with Crippen molar-refractivity contribution in [3.63, 3.8) is 0 Å². The van der Waals surface area contributed by atoms with Gasteiger partial charge >= 0.3 is 0 Å². The van der Waals surface area contributed by atoms with E-state index in [4.69, 9.17) is 15.7 Å². The number of nitrogens with zero attached hydrogens (tertiary/aromatic N) is 2. The van der Waals surface area contributed by atoms with Crippen molar-refractivity contribution in [2.75, 3.05) is 26.2 Å². The lowest BCUT2D eigenvalue weighted by Crippen LogP contribution is -2.49. The molecule has 1 rings (SSSR count). The Balaban J connectivity index is 2.46. The molecule has 2 atom stereocenters. The van der Waals surface area contributed by atoms with E-state index >= 15 is 0 Å². The van der Waals surface area contributed by atoms with Crippen LogP contribution in [0.3, 0.4) is 0 Å². The van der Waals surface area contributed by atoms with Gasteiger partial charge in [0.25, 0.3) is 0 Å². The second-order valence-electron chi connectivity index (χ2n) is 3.28. The van der Waals surface area contributed by atoms with Crippen LogP contribution in [0.25, 0.3) is 0 Å². The Kier molecular flexibility index (Phi) is 4.16. The number of morpholine rings is 1. The molecule has 0 spiro atoms. The summed E-state index contributed by atoms with van der Waals surface area (Å²) >= 11 is 0. The smallest absolute Gasteiger partial charge is 0.0976 e. The molecule has 0 saturated carbocycles. The molecule has 0 radical (unpaired) electrons. The highest BCUT2D eigenvalue weighted by Crippen LogP contribution is 2.09. The Morgan fingerprint density at radius 3 is 3.08 bits per heavy atom. The van der Waals surface area contributed by atoms with Crippen molar-refractivity contribution in [3.8, 4) is 6.07 Å². The van der Waals surface area contributed by atoms with E-state index in [0.717, 1.165) is 19.5 Å². The lowest BCUT2D eigenvalue weighted by Gasteiger charge is -2.34. The summed E-state index contributed by atoms with van der Waals surface area (Å²) in [4.78, 5) is 2.15. The minimum Gasteiger partial charge on any atom is -0.374 e.